The van der Waals surface area contributed by atoms with Crippen molar-refractivity contribution in [1.82, 2.24) is 9.97 Å². The predicted octanol–water partition coefficient (Wildman–Crippen LogP) is 5.27. The summed E-state index contributed by atoms with van der Waals surface area (Å²) in [5.74, 6) is 0. The molecule has 2 heterocycles. The van der Waals surface area contributed by atoms with Crippen LogP contribution in [0.4, 0.5) is 15.6 Å². The molecule has 0 atom stereocenters. The van der Waals surface area contributed by atoms with Gasteiger partial charge >= 0.3 is 6.03 Å². The van der Waals surface area contributed by atoms with Gasteiger partial charge in [0.1, 0.15) is 5.15 Å². The zero-order valence-electron chi connectivity index (χ0n) is 11.6. The molecule has 0 aliphatic carbocycles. The molecule has 2 N–H and O–H groups in total. The fourth-order valence-corrected chi connectivity index (χ4v) is 2.98. The Morgan fingerprint density at radius 1 is 1.17 bits per heavy atom. The summed E-state index contributed by atoms with van der Waals surface area (Å²) in [5, 5.41) is 8.09. The van der Waals surface area contributed by atoms with Gasteiger partial charge in [-0.3, -0.25) is 5.32 Å². The van der Waals surface area contributed by atoms with E-state index in [1.54, 1.807) is 12.1 Å². The molecule has 0 unspecified atom stereocenters. The lowest BCUT2D eigenvalue weighted by molar-refractivity contribution is 0.262. The molecule has 3 rings (SSSR count). The van der Waals surface area contributed by atoms with Gasteiger partial charge in [0.05, 0.1) is 5.69 Å². The summed E-state index contributed by atoms with van der Waals surface area (Å²) in [4.78, 5) is 20.2. The van der Waals surface area contributed by atoms with Crippen molar-refractivity contribution in [2.24, 2.45) is 0 Å². The van der Waals surface area contributed by atoms with Crippen molar-refractivity contribution >= 4 is 55.7 Å². The van der Waals surface area contributed by atoms with Gasteiger partial charge in [-0.05, 0) is 24.3 Å². The predicted molar refractivity (Wildman–Crippen MR) is 97.1 cm³/mol. The zero-order chi connectivity index (χ0) is 16.2. The molecule has 0 saturated carbocycles. The second-order valence-electron chi connectivity index (χ2n) is 4.49. The number of hydrogen-bond acceptors (Lipinski definition) is 4. The van der Waals surface area contributed by atoms with Gasteiger partial charge in [0.15, 0.2) is 5.13 Å². The first-order valence-corrected chi connectivity index (χ1v) is 8.56. The van der Waals surface area contributed by atoms with E-state index in [1.165, 1.54) is 17.5 Å². The van der Waals surface area contributed by atoms with Gasteiger partial charge in [-0.25, -0.2) is 14.8 Å². The third kappa shape index (κ3) is 4.28. The number of hydrogen-bond donors (Lipinski definition) is 2. The van der Waals surface area contributed by atoms with Crippen LogP contribution < -0.4 is 10.6 Å². The lowest BCUT2D eigenvalue weighted by Crippen LogP contribution is -2.19. The number of pyridine rings is 1. The Kier molecular flexibility index (Phi) is 4.90. The maximum atomic E-state index is 12.0. The number of carbonyl (C=O) groups excluding carboxylic acids is 1. The number of aromatic nitrogens is 2. The molecule has 23 heavy (non-hydrogen) atoms. The minimum atomic E-state index is -0.385. The topological polar surface area (TPSA) is 66.9 Å². The fourth-order valence-electron chi connectivity index (χ4n) is 1.82. The molecular weight excluding hydrogens is 400 g/mol. The summed E-state index contributed by atoms with van der Waals surface area (Å²) in [7, 11) is 0. The van der Waals surface area contributed by atoms with Gasteiger partial charge < -0.3 is 5.32 Å². The van der Waals surface area contributed by atoms with Crippen molar-refractivity contribution in [3.63, 3.8) is 0 Å². The Balaban J connectivity index is 1.66. The van der Waals surface area contributed by atoms with Crippen molar-refractivity contribution in [1.29, 1.82) is 0 Å². The second-order valence-corrected chi connectivity index (χ2v) is 6.65. The average Bonchev–Trinajstić information content (AvgIpc) is 2.96. The summed E-state index contributed by atoms with van der Waals surface area (Å²) >= 11 is 10.5. The molecular formula is C15H10BrClN4OS. The molecule has 2 amide bonds. The molecule has 0 bridgehead atoms. The standard InChI is InChI=1S/C15H10BrClN4OS/c16-10-3-1-9(2-4-10)12-8-23-15(20-12)21-14(22)19-11-5-6-18-13(17)7-11/h1-8H,(H2,18,19,20,21,22). The molecule has 116 valence electrons. The van der Waals surface area contributed by atoms with Crippen molar-refractivity contribution in [2.45, 2.75) is 0 Å². The van der Waals surface area contributed by atoms with E-state index in [-0.39, 0.29) is 6.03 Å². The van der Waals surface area contributed by atoms with Gasteiger partial charge in [0, 0.05) is 27.3 Å². The normalized spacial score (nSPS) is 10.3. The van der Waals surface area contributed by atoms with Gasteiger partial charge in [0.25, 0.3) is 0 Å². The molecule has 3 aromatic rings. The highest BCUT2D eigenvalue weighted by molar-refractivity contribution is 9.10. The van der Waals surface area contributed by atoms with Crippen LogP contribution in [0.15, 0.2) is 52.4 Å². The van der Waals surface area contributed by atoms with Crippen molar-refractivity contribution < 1.29 is 4.79 Å². The molecule has 2 aromatic heterocycles. The van der Waals surface area contributed by atoms with Crippen LogP contribution in [0.25, 0.3) is 11.3 Å². The molecule has 0 radical (unpaired) electrons. The maximum Gasteiger partial charge on any atom is 0.325 e. The van der Waals surface area contributed by atoms with E-state index in [0.717, 1.165) is 15.7 Å². The van der Waals surface area contributed by atoms with E-state index in [9.17, 15) is 4.79 Å². The number of amides is 2. The molecule has 0 aliphatic rings. The van der Waals surface area contributed by atoms with Crippen LogP contribution in [0.3, 0.4) is 0 Å². The van der Waals surface area contributed by atoms with Crippen LogP contribution >= 0.6 is 38.9 Å². The Morgan fingerprint density at radius 2 is 1.96 bits per heavy atom. The maximum absolute atomic E-state index is 12.0. The van der Waals surface area contributed by atoms with Gasteiger partial charge in [-0.15, -0.1) is 11.3 Å². The number of halogens is 2. The number of carbonyl (C=O) groups is 1. The molecule has 0 saturated heterocycles. The quantitative estimate of drug-likeness (QED) is 0.579. The SMILES string of the molecule is O=C(Nc1ccnc(Cl)c1)Nc1nc(-c2ccc(Br)cc2)cs1. The fraction of sp³-hybridized carbons (Fsp3) is 0. The summed E-state index contributed by atoms with van der Waals surface area (Å²) < 4.78 is 1.00. The van der Waals surface area contributed by atoms with E-state index in [0.29, 0.717) is 16.0 Å². The van der Waals surface area contributed by atoms with Crippen molar-refractivity contribution in [3.8, 4) is 11.3 Å². The highest BCUT2D eigenvalue weighted by Crippen LogP contribution is 2.26. The van der Waals surface area contributed by atoms with Crippen LogP contribution in [-0.2, 0) is 0 Å². The summed E-state index contributed by atoms with van der Waals surface area (Å²) in [6.45, 7) is 0. The van der Waals surface area contributed by atoms with Crippen LogP contribution in [0.5, 0.6) is 0 Å². The van der Waals surface area contributed by atoms with Gasteiger partial charge in [-0.2, -0.15) is 0 Å². The smallest absolute Gasteiger partial charge is 0.307 e. The summed E-state index contributed by atoms with van der Waals surface area (Å²) in [6.07, 6.45) is 1.52. The minimum Gasteiger partial charge on any atom is -0.307 e. The number of rotatable bonds is 3. The Morgan fingerprint density at radius 3 is 2.70 bits per heavy atom. The number of anilines is 2. The average molecular weight is 410 g/mol. The number of nitrogens with one attached hydrogen (secondary N) is 2. The lowest BCUT2D eigenvalue weighted by Gasteiger charge is -2.05. The van der Waals surface area contributed by atoms with Crippen LogP contribution in [-0.4, -0.2) is 16.0 Å². The van der Waals surface area contributed by atoms with Gasteiger partial charge in [0.2, 0.25) is 0 Å². The van der Waals surface area contributed by atoms with E-state index >= 15 is 0 Å². The van der Waals surface area contributed by atoms with Crippen molar-refractivity contribution in [2.75, 3.05) is 10.6 Å². The molecule has 0 fully saturated rings. The van der Waals surface area contributed by atoms with E-state index in [4.69, 9.17) is 11.6 Å². The van der Waals surface area contributed by atoms with Crippen molar-refractivity contribution in [3.05, 3.63) is 57.6 Å². The van der Waals surface area contributed by atoms with Crippen LogP contribution in [0.1, 0.15) is 0 Å². The largest absolute Gasteiger partial charge is 0.325 e. The number of thiazole rings is 1. The highest BCUT2D eigenvalue weighted by atomic mass is 79.9. The Hall–Kier alpha value is -1.96. The number of benzene rings is 1. The van der Waals surface area contributed by atoms with E-state index in [1.807, 2.05) is 29.6 Å². The first kappa shape index (κ1) is 15.9. The monoisotopic (exact) mass is 408 g/mol. The highest BCUT2D eigenvalue weighted by Gasteiger charge is 2.08. The number of urea groups is 1. The van der Waals surface area contributed by atoms with E-state index < -0.39 is 0 Å². The third-order valence-electron chi connectivity index (χ3n) is 2.85. The van der Waals surface area contributed by atoms with E-state index in [2.05, 4.69) is 36.5 Å². The molecule has 0 spiro atoms. The Bertz CT molecular complexity index is 838. The summed E-state index contributed by atoms with van der Waals surface area (Å²) in [6, 6.07) is 10.6. The number of nitrogens with zero attached hydrogens (tertiary/aromatic N) is 2. The molecule has 1 aromatic carbocycles. The third-order valence-corrected chi connectivity index (χ3v) is 4.34. The molecule has 5 nitrogen and oxygen atoms in total. The van der Waals surface area contributed by atoms with Crippen LogP contribution in [0.2, 0.25) is 5.15 Å². The summed E-state index contributed by atoms with van der Waals surface area (Å²) in [5.41, 5.74) is 2.36. The van der Waals surface area contributed by atoms with Crippen LogP contribution in [0, 0.1) is 0 Å². The van der Waals surface area contributed by atoms with Gasteiger partial charge in [-0.1, -0.05) is 39.7 Å². The molecule has 8 heteroatoms. The second kappa shape index (κ2) is 7.08. The first-order chi connectivity index (χ1) is 11.1. The molecule has 0 aliphatic heterocycles. The lowest BCUT2D eigenvalue weighted by atomic mass is 10.2. The Labute approximate surface area is 149 Å². The first-order valence-electron chi connectivity index (χ1n) is 6.51. The minimum absolute atomic E-state index is 0.314. The zero-order valence-corrected chi connectivity index (χ0v) is 14.7.